The topological polar surface area (TPSA) is 85.1 Å². The molecule has 0 saturated carbocycles. The number of hydrogen-bond donors (Lipinski definition) is 1. The second kappa shape index (κ2) is 8.07. The van der Waals surface area contributed by atoms with Crippen molar-refractivity contribution in [2.24, 2.45) is 0 Å². The van der Waals surface area contributed by atoms with Gasteiger partial charge in [0.15, 0.2) is 10.1 Å². The van der Waals surface area contributed by atoms with Gasteiger partial charge in [0, 0.05) is 18.6 Å². The second-order valence-corrected chi connectivity index (χ2v) is 7.00. The van der Waals surface area contributed by atoms with Crippen molar-refractivity contribution in [1.82, 2.24) is 10.2 Å². The largest absolute Gasteiger partial charge is 0.466 e. The molecular weight excluding hydrogens is 334 g/mol. The van der Waals surface area contributed by atoms with Gasteiger partial charge in [-0.2, -0.15) is 0 Å². The van der Waals surface area contributed by atoms with Crippen molar-refractivity contribution in [3.63, 3.8) is 0 Å². The van der Waals surface area contributed by atoms with Crippen LogP contribution in [-0.2, 0) is 11.2 Å². The maximum Gasteiger partial charge on any atom is 0.226 e. The van der Waals surface area contributed by atoms with Crippen LogP contribution in [0.5, 0.6) is 0 Å². The fraction of sp³-hybridized carbons (Fsp3) is 0.333. The number of amides is 1. The van der Waals surface area contributed by atoms with Crippen LogP contribution >= 0.6 is 23.1 Å². The molecule has 2 rings (SSSR count). The Morgan fingerprint density at radius 2 is 2.26 bits per heavy atom. The summed E-state index contributed by atoms with van der Waals surface area (Å²) in [7, 11) is 0. The third-order valence-corrected chi connectivity index (χ3v) is 4.89. The molecule has 2 aromatic rings. The van der Waals surface area contributed by atoms with E-state index < -0.39 is 0 Å². The zero-order valence-corrected chi connectivity index (χ0v) is 14.6. The number of furan rings is 1. The molecule has 0 radical (unpaired) electrons. The number of aryl methyl sites for hydroxylation is 2. The SMILES string of the molecule is C=CCSc1nnc(NC(=O)CCc2cc(C(C)=O)c(C)o2)s1. The quantitative estimate of drug-likeness (QED) is 0.339. The van der Waals surface area contributed by atoms with Gasteiger partial charge in [-0.1, -0.05) is 29.2 Å². The number of aromatic nitrogens is 2. The van der Waals surface area contributed by atoms with Gasteiger partial charge in [0.1, 0.15) is 11.5 Å². The number of nitrogens with one attached hydrogen (secondary N) is 1. The van der Waals surface area contributed by atoms with Gasteiger partial charge in [-0.25, -0.2) is 0 Å². The molecule has 0 spiro atoms. The first-order chi connectivity index (χ1) is 11.0. The molecule has 1 amide bonds. The molecule has 0 aliphatic heterocycles. The lowest BCUT2D eigenvalue weighted by Crippen LogP contribution is -2.11. The van der Waals surface area contributed by atoms with E-state index in [2.05, 4.69) is 22.1 Å². The Balaban J connectivity index is 1.85. The average Bonchev–Trinajstić information content (AvgIpc) is 3.09. The van der Waals surface area contributed by atoms with E-state index >= 15 is 0 Å². The Morgan fingerprint density at radius 3 is 2.91 bits per heavy atom. The summed E-state index contributed by atoms with van der Waals surface area (Å²) in [4.78, 5) is 23.3. The Kier molecular flexibility index (Phi) is 6.12. The summed E-state index contributed by atoms with van der Waals surface area (Å²) >= 11 is 2.84. The van der Waals surface area contributed by atoms with E-state index in [1.54, 1.807) is 19.1 Å². The number of ketones is 1. The van der Waals surface area contributed by atoms with Gasteiger partial charge in [-0.05, 0) is 19.9 Å². The number of hydrogen-bond acceptors (Lipinski definition) is 7. The Hall–Kier alpha value is -1.93. The van der Waals surface area contributed by atoms with Crippen molar-refractivity contribution in [2.45, 2.75) is 31.0 Å². The third kappa shape index (κ3) is 5.04. The number of anilines is 1. The molecule has 1 N–H and O–H groups in total. The molecule has 0 aromatic carbocycles. The molecular formula is C15H17N3O3S2. The zero-order valence-electron chi connectivity index (χ0n) is 12.9. The lowest BCUT2D eigenvalue weighted by atomic mass is 10.1. The molecule has 0 aliphatic rings. The van der Waals surface area contributed by atoms with Crippen LogP contribution in [0.15, 0.2) is 27.5 Å². The summed E-state index contributed by atoms with van der Waals surface area (Å²) in [6, 6.07) is 1.69. The van der Waals surface area contributed by atoms with Crippen molar-refractivity contribution < 1.29 is 14.0 Å². The number of nitrogens with zero attached hydrogens (tertiary/aromatic N) is 2. The Bertz CT molecular complexity index is 721. The number of Topliss-reactive ketones (excluding diaryl/α,β-unsaturated/α-hetero) is 1. The Morgan fingerprint density at radius 1 is 1.48 bits per heavy atom. The van der Waals surface area contributed by atoms with Crippen LogP contribution < -0.4 is 5.32 Å². The highest BCUT2D eigenvalue weighted by atomic mass is 32.2. The summed E-state index contributed by atoms with van der Waals surface area (Å²) < 4.78 is 6.27. The number of thioether (sulfide) groups is 1. The minimum Gasteiger partial charge on any atom is -0.466 e. The third-order valence-electron chi connectivity index (χ3n) is 2.92. The van der Waals surface area contributed by atoms with Crippen LogP contribution in [0.2, 0.25) is 0 Å². The fourth-order valence-corrected chi connectivity index (χ4v) is 3.41. The van der Waals surface area contributed by atoms with Crippen molar-refractivity contribution in [2.75, 3.05) is 11.1 Å². The highest BCUT2D eigenvalue weighted by molar-refractivity contribution is 8.01. The molecule has 0 saturated heterocycles. The van der Waals surface area contributed by atoms with Crippen LogP contribution in [0.3, 0.4) is 0 Å². The standard InChI is InChI=1S/C15H17N3O3S2/c1-4-7-22-15-18-17-14(23-15)16-13(20)6-5-11-8-12(9(2)19)10(3)21-11/h4,8H,1,5-7H2,2-3H3,(H,16,17,20). The molecule has 6 nitrogen and oxygen atoms in total. The van der Waals surface area contributed by atoms with Crippen molar-refractivity contribution in [1.29, 1.82) is 0 Å². The molecule has 23 heavy (non-hydrogen) atoms. The van der Waals surface area contributed by atoms with E-state index in [0.717, 1.165) is 10.1 Å². The van der Waals surface area contributed by atoms with Gasteiger partial charge < -0.3 is 9.73 Å². The van der Waals surface area contributed by atoms with Crippen molar-refractivity contribution in [3.05, 3.63) is 35.8 Å². The van der Waals surface area contributed by atoms with Crippen LogP contribution in [0, 0.1) is 6.92 Å². The van der Waals surface area contributed by atoms with Gasteiger partial charge in [0.05, 0.1) is 5.56 Å². The second-order valence-electron chi connectivity index (χ2n) is 4.76. The normalized spacial score (nSPS) is 10.5. The molecule has 0 atom stereocenters. The summed E-state index contributed by atoms with van der Waals surface area (Å²) in [5, 5.41) is 11.1. The minimum atomic E-state index is -0.167. The number of carbonyl (C=O) groups is 2. The first-order valence-electron chi connectivity index (χ1n) is 6.97. The lowest BCUT2D eigenvalue weighted by molar-refractivity contribution is -0.116. The van der Waals surface area contributed by atoms with E-state index in [0.29, 0.717) is 28.6 Å². The summed E-state index contributed by atoms with van der Waals surface area (Å²) in [5.74, 6) is 1.75. The van der Waals surface area contributed by atoms with Crippen LogP contribution in [0.25, 0.3) is 0 Å². The summed E-state index contributed by atoms with van der Waals surface area (Å²) in [6.07, 6.45) is 2.46. The summed E-state index contributed by atoms with van der Waals surface area (Å²) in [5.41, 5.74) is 0.563. The van der Waals surface area contributed by atoms with Crippen LogP contribution in [0.1, 0.15) is 35.2 Å². The Labute approximate surface area is 142 Å². The van der Waals surface area contributed by atoms with Crippen LogP contribution in [0.4, 0.5) is 5.13 Å². The first-order valence-corrected chi connectivity index (χ1v) is 8.77. The van der Waals surface area contributed by atoms with Gasteiger partial charge >= 0.3 is 0 Å². The monoisotopic (exact) mass is 351 g/mol. The molecule has 2 heterocycles. The molecule has 0 unspecified atom stereocenters. The van der Waals surface area contributed by atoms with Gasteiger partial charge in [0.25, 0.3) is 0 Å². The van der Waals surface area contributed by atoms with Crippen molar-refractivity contribution >= 4 is 39.9 Å². The van der Waals surface area contributed by atoms with E-state index in [1.165, 1.54) is 30.0 Å². The van der Waals surface area contributed by atoms with E-state index in [1.807, 2.05) is 0 Å². The maximum atomic E-state index is 11.9. The molecule has 0 fully saturated rings. The molecule has 8 heteroatoms. The molecule has 122 valence electrons. The predicted octanol–water partition coefficient (Wildman–Crippen LogP) is 3.49. The smallest absolute Gasteiger partial charge is 0.226 e. The highest BCUT2D eigenvalue weighted by Gasteiger charge is 2.13. The predicted molar refractivity (Wildman–Crippen MR) is 91.2 cm³/mol. The molecule has 0 bridgehead atoms. The van der Waals surface area contributed by atoms with Crippen molar-refractivity contribution in [3.8, 4) is 0 Å². The number of rotatable bonds is 8. The zero-order chi connectivity index (χ0) is 16.8. The minimum absolute atomic E-state index is 0.0413. The summed E-state index contributed by atoms with van der Waals surface area (Å²) in [6.45, 7) is 6.87. The van der Waals surface area contributed by atoms with Crippen LogP contribution in [-0.4, -0.2) is 27.6 Å². The first kappa shape index (κ1) is 17.4. The highest BCUT2D eigenvalue weighted by Crippen LogP contribution is 2.25. The van der Waals surface area contributed by atoms with Gasteiger partial charge in [0.2, 0.25) is 11.0 Å². The molecule has 2 aromatic heterocycles. The average molecular weight is 351 g/mol. The molecule has 0 aliphatic carbocycles. The lowest BCUT2D eigenvalue weighted by Gasteiger charge is -1.99. The number of carbonyl (C=O) groups excluding carboxylic acids is 2. The van der Waals surface area contributed by atoms with E-state index in [4.69, 9.17) is 4.42 Å². The van der Waals surface area contributed by atoms with E-state index in [9.17, 15) is 9.59 Å². The van der Waals surface area contributed by atoms with Gasteiger partial charge in [-0.15, -0.1) is 16.8 Å². The maximum absolute atomic E-state index is 11.9. The fourth-order valence-electron chi connectivity index (χ4n) is 1.88. The van der Waals surface area contributed by atoms with Gasteiger partial charge in [-0.3, -0.25) is 9.59 Å². The van der Waals surface area contributed by atoms with E-state index in [-0.39, 0.29) is 18.1 Å².